The zero-order valence-electron chi connectivity index (χ0n) is 22.1. The third kappa shape index (κ3) is 6.17. The number of H-pyrrole nitrogens is 1. The molecule has 1 fully saturated rings. The first-order chi connectivity index (χ1) is 19.6. The highest BCUT2D eigenvalue weighted by atomic mass is 35.5. The Morgan fingerprint density at radius 2 is 1.83 bits per heavy atom. The van der Waals surface area contributed by atoms with Crippen LogP contribution in [0.15, 0.2) is 65.9 Å². The van der Waals surface area contributed by atoms with Gasteiger partial charge in [-0.2, -0.15) is 0 Å². The lowest BCUT2D eigenvalue weighted by Gasteiger charge is -2.42. The van der Waals surface area contributed by atoms with Crippen molar-refractivity contribution in [3.63, 3.8) is 0 Å². The number of nitrogens with zero attached hydrogens (tertiary/aromatic N) is 4. The van der Waals surface area contributed by atoms with Gasteiger partial charge in [-0.05, 0) is 58.5 Å². The quantitative estimate of drug-likeness (QED) is 0.133. The fourth-order valence-electron chi connectivity index (χ4n) is 4.66. The molecule has 5 rings (SSSR count). The summed E-state index contributed by atoms with van der Waals surface area (Å²) in [6.07, 6.45) is 0. The molecule has 0 unspecified atom stereocenters. The number of hydrogen-bond donors (Lipinski definition) is 3. The zero-order chi connectivity index (χ0) is 29.3. The van der Waals surface area contributed by atoms with Crippen molar-refractivity contribution in [2.75, 3.05) is 24.6 Å². The average Bonchev–Trinajstić information content (AvgIpc) is 3.44. The Bertz CT molecular complexity index is 1600. The van der Waals surface area contributed by atoms with Gasteiger partial charge in [-0.3, -0.25) is 5.41 Å². The molecule has 2 heterocycles. The molecule has 0 atom stereocenters. The van der Waals surface area contributed by atoms with E-state index >= 15 is 0 Å². The van der Waals surface area contributed by atoms with E-state index in [1.807, 2.05) is 26.0 Å². The number of aromatic amines is 1. The second-order valence-electron chi connectivity index (χ2n) is 10.0. The van der Waals surface area contributed by atoms with Gasteiger partial charge in [0, 0.05) is 46.8 Å². The highest BCUT2D eigenvalue weighted by molar-refractivity contribution is 6.41. The van der Waals surface area contributed by atoms with Crippen molar-refractivity contribution in [2.24, 2.45) is 5.92 Å². The van der Waals surface area contributed by atoms with Gasteiger partial charge < -0.3 is 14.7 Å². The van der Waals surface area contributed by atoms with Crippen LogP contribution in [0.5, 0.6) is 5.75 Å². The highest BCUT2D eigenvalue weighted by Gasteiger charge is 2.31. The first-order valence-electron chi connectivity index (χ1n) is 12.8. The SMILES string of the molecule is CC(C)/C(O)=C(\COc1ccc(C2CN(c3cc(F)cc(-c4nnn[nH]4)c3)C2)c(Cl)c1)C(=N)c1c(Cl)cccc1Cl. The molecule has 0 saturated carbocycles. The average molecular weight is 616 g/mol. The van der Waals surface area contributed by atoms with Crippen molar-refractivity contribution in [3.8, 4) is 17.1 Å². The maximum atomic E-state index is 14.3. The number of aromatic nitrogens is 4. The second-order valence-corrected chi connectivity index (χ2v) is 11.2. The van der Waals surface area contributed by atoms with E-state index in [4.69, 9.17) is 44.9 Å². The lowest BCUT2D eigenvalue weighted by molar-refractivity contribution is 0.316. The Hall–Kier alpha value is -3.66. The minimum Gasteiger partial charge on any atom is -0.512 e. The molecule has 4 aromatic rings. The van der Waals surface area contributed by atoms with Gasteiger partial charge in [-0.1, -0.05) is 60.8 Å². The van der Waals surface area contributed by atoms with E-state index in [9.17, 15) is 9.50 Å². The van der Waals surface area contributed by atoms with Gasteiger partial charge in [0.25, 0.3) is 0 Å². The molecule has 8 nitrogen and oxygen atoms in total. The summed E-state index contributed by atoms with van der Waals surface area (Å²) in [5.41, 5.74) is 2.84. The molecule has 0 amide bonds. The summed E-state index contributed by atoms with van der Waals surface area (Å²) in [6, 6.07) is 15.1. The molecule has 0 spiro atoms. The summed E-state index contributed by atoms with van der Waals surface area (Å²) in [7, 11) is 0. The molecule has 3 aromatic carbocycles. The molecule has 1 aromatic heterocycles. The smallest absolute Gasteiger partial charge is 0.179 e. The van der Waals surface area contributed by atoms with Crippen molar-refractivity contribution < 1.29 is 14.2 Å². The van der Waals surface area contributed by atoms with Crippen molar-refractivity contribution in [1.29, 1.82) is 5.41 Å². The summed E-state index contributed by atoms with van der Waals surface area (Å²) in [4.78, 5) is 2.05. The van der Waals surface area contributed by atoms with Gasteiger partial charge in [0.05, 0.1) is 21.3 Å². The van der Waals surface area contributed by atoms with E-state index < -0.39 is 0 Å². The van der Waals surface area contributed by atoms with Crippen molar-refractivity contribution in [2.45, 2.75) is 19.8 Å². The fraction of sp³-hybridized carbons (Fsp3) is 0.241. The summed E-state index contributed by atoms with van der Waals surface area (Å²) >= 11 is 19.3. The molecular weight excluding hydrogens is 590 g/mol. The summed E-state index contributed by atoms with van der Waals surface area (Å²) in [6.45, 7) is 4.87. The van der Waals surface area contributed by atoms with Crippen LogP contribution in [0.1, 0.15) is 30.9 Å². The number of aliphatic hydroxyl groups is 1. The lowest BCUT2D eigenvalue weighted by Crippen LogP contribution is -2.45. The van der Waals surface area contributed by atoms with Gasteiger partial charge >= 0.3 is 0 Å². The Labute approximate surface area is 251 Å². The second kappa shape index (κ2) is 12.1. The van der Waals surface area contributed by atoms with Crippen LogP contribution in [0, 0.1) is 17.1 Å². The van der Waals surface area contributed by atoms with E-state index in [-0.39, 0.29) is 41.3 Å². The molecule has 41 heavy (non-hydrogen) atoms. The number of benzene rings is 3. The number of halogens is 4. The van der Waals surface area contributed by atoms with Crippen LogP contribution < -0.4 is 9.64 Å². The van der Waals surface area contributed by atoms with Crippen LogP contribution in [0.3, 0.4) is 0 Å². The number of rotatable bonds is 9. The van der Waals surface area contributed by atoms with Gasteiger partial charge in [0.15, 0.2) is 5.82 Å². The highest BCUT2D eigenvalue weighted by Crippen LogP contribution is 2.38. The molecule has 0 aliphatic carbocycles. The van der Waals surface area contributed by atoms with Gasteiger partial charge in [-0.15, -0.1) is 5.10 Å². The van der Waals surface area contributed by atoms with Crippen LogP contribution in [0.2, 0.25) is 15.1 Å². The van der Waals surface area contributed by atoms with E-state index in [0.29, 0.717) is 50.9 Å². The Balaban J connectivity index is 1.28. The minimum absolute atomic E-state index is 0.0100. The topological polar surface area (TPSA) is 111 Å². The predicted molar refractivity (Wildman–Crippen MR) is 159 cm³/mol. The Morgan fingerprint density at radius 3 is 2.46 bits per heavy atom. The van der Waals surface area contributed by atoms with Crippen molar-refractivity contribution in [1.82, 2.24) is 20.6 Å². The van der Waals surface area contributed by atoms with Crippen molar-refractivity contribution >= 4 is 46.2 Å². The van der Waals surface area contributed by atoms with Crippen LogP contribution >= 0.6 is 34.8 Å². The molecule has 1 saturated heterocycles. The van der Waals surface area contributed by atoms with Gasteiger partial charge in [-0.25, -0.2) is 9.49 Å². The van der Waals surface area contributed by atoms with Crippen molar-refractivity contribution in [3.05, 3.63) is 97.9 Å². The molecule has 0 bridgehead atoms. The number of nitrogens with one attached hydrogen (secondary N) is 2. The summed E-state index contributed by atoms with van der Waals surface area (Å²) < 4.78 is 20.3. The largest absolute Gasteiger partial charge is 0.512 e. The van der Waals surface area contributed by atoms with Crippen LogP contribution in [0.25, 0.3) is 11.4 Å². The third-order valence-electron chi connectivity index (χ3n) is 6.91. The normalized spacial score (nSPS) is 14.2. The first-order valence-corrected chi connectivity index (χ1v) is 13.9. The molecular formula is C29H26Cl3FN6O2. The number of hydrogen-bond acceptors (Lipinski definition) is 7. The zero-order valence-corrected chi connectivity index (χ0v) is 24.4. The molecule has 1 aliphatic rings. The molecule has 212 valence electrons. The van der Waals surface area contributed by atoms with E-state index in [1.54, 1.807) is 30.3 Å². The standard InChI is InChI=1S/C29H26Cl3FN6O2/c1-15(2)28(40)22(27(34)26-23(30)4-3-5-24(26)31)14-41-20-6-7-21(25(32)11-20)17-12-39(13-17)19-9-16(8-18(33)10-19)29-35-37-38-36-29/h3-11,15,17,34,40H,12-14H2,1-2H3,(H,35,36,37,38)/b28-22-,34-27?. The Morgan fingerprint density at radius 1 is 1.10 bits per heavy atom. The van der Waals surface area contributed by atoms with Gasteiger partial charge in [0.1, 0.15) is 23.9 Å². The maximum Gasteiger partial charge on any atom is 0.179 e. The number of anilines is 1. The fourth-order valence-corrected chi connectivity index (χ4v) is 5.57. The summed E-state index contributed by atoms with van der Waals surface area (Å²) in [5.74, 6) is 0.418. The number of allylic oxidation sites excluding steroid dienone is 1. The molecule has 0 radical (unpaired) electrons. The van der Waals surface area contributed by atoms with Crippen LogP contribution in [-0.2, 0) is 0 Å². The predicted octanol–water partition coefficient (Wildman–Crippen LogP) is 7.48. The van der Waals surface area contributed by atoms with Gasteiger partial charge in [0.2, 0.25) is 0 Å². The maximum absolute atomic E-state index is 14.3. The summed E-state index contributed by atoms with van der Waals surface area (Å²) in [5, 5.41) is 34.3. The number of aliphatic hydroxyl groups excluding tert-OH is 1. The third-order valence-corrected chi connectivity index (χ3v) is 7.87. The number of tetrazole rings is 1. The first kappa shape index (κ1) is 28.9. The monoisotopic (exact) mass is 614 g/mol. The molecule has 3 N–H and O–H groups in total. The Kier molecular flexibility index (Phi) is 8.49. The number of ether oxygens (including phenoxy) is 1. The van der Waals surface area contributed by atoms with Crippen LogP contribution in [0.4, 0.5) is 10.1 Å². The van der Waals surface area contributed by atoms with E-state index in [1.165, 1.54) is 12.1 Å². The minimum atomic E-state index is -0.376. The van der Waals surface area contributed by atoms with E-state index in [2.05, 4.69) is 25.5 Å². The molecule has 1 aliphatic heterocycles. The lowest BCUT2D eigenvalue weighted by atomic mass is 9.90. The van der Waals surface area contributed by atoms with E-state index in [0.717, 1.165) is 11.3 Å². The van der Waals surface area contributed by atoms with Crippen LogP contribution in [-0.4, -0.2) is 51.1 Å². The molecule has 12 heteroatoms.